The summed E-state index contributed by atoms with van der Waals surface area (Å²) in [5, 5.41) is 6.13. The van der Waals surface area contributed by atoms with Crippen molar-refractivity contribution in [1.82, 2.24) is 20.2 Å². The van der Waals surface area contributed by atoms with E-state index in [9.17, 15) is 4.79 Å². The molecule has 108 valence electrons. The van der Waals surface area contributed by atoms with Crippen molar-refractivity contribution in [3.63, 3.8) is 0 Å². The fourth-order valence-electron chi connectivity index (χ4n) is 2.11. The van der Waals surface area contributed by atoms with E-state index in [0.29, 0.717) is 19.5 Å². The molecule has 0 aliphatic rings. The minimum atomic E-state index is 0.101. The second-order valence-electron chi connectivity index (χ2n) is 4.85. The summed E-state index contributed by atoms with van der Waals surface area (Å²) < 4.78 is 2.08. The van der Waals surface area contributed by atoms with Gasteiger partial charge in [-0.2, -0.15) is 0 Å². The Morgan fingerprint density at radius 1 is 1.30 bits per heavy atom. The third-order valence-corrected chi connectivity index (χ3v) is 3.26. The van der Waals surface area contributed by atoms with Crippen molar-refractivity contribution >= 4 is 16.9 Å². The first kappa shape index (κ1) is 14.5. The lowest BCUT2D eigenvalue weighted by molar-refractivity contribution is -0.120. The number of imidazole rings is 1. The van der Waals surface area contributed by atoms with Crippen LogP contribution in [0.3, 0.4) is 0 Å². The lowest BCUT2D eigenvalue weighted by Crippen LogP contribution is -2.28. The first-order valence-corrected chi connectivity index (χ1v) is 7.10. The van der Waals surface area contributed by atoms with E-state index >= 15 is 0 Å². The van der Waals surface area contributed by atoms with Crippen LogP contribution in [0, 0.1) is 0 Å². The highest BCUT2D eigenvalue weighted by atomic mass is 16.1. The average Bonchev–Trinajstić information content (AvgIpc) is 2.78. The Hall–Kier alpha value is -1.88. The Morgan fingerprint density at radius 2 is 2.10 bits per heavy atom. The van der Waals surface area contributed by atoms with E-state index in [2.05, 4.69) is 26.3 Å². The predicted octanol–water partition coefficient (Wildman–Crippen LogP) is 1.58. The fourth-order valence-corrected chi connectivity index (χ4v) is 2.11. The van der Waals surface area contributed by atoms with Crippen molar-refractivity contribution in [2.75, 3.05) is 13.1 Å². The molecule has 1 aromatic heterocycles. The van der Waals surface area contributed by atoms with Crippen LogP contribution in [0.15, 0.2) is 24.3 Å². The van der Waals surface area contributed by atoms with Crippen LogP contribution in [0.4, 0.5) is 0 Å². The molecule has 1 amide bonds. The summed E-state index contributed by atoms with van der Waals surface area (Å²) in [4.78, 5) is 16.0. The standard InChI is InChI=1S/C15H22N4O/c1-3-9-17-15(20)8-10-16-11-14-18-12-6-4-5-7-13(12)19(14)2/h4-7,16H,3,8-11H2,1-2H3,(H,17,20). The number of para-hydroxylation sites is 2. The van der Waals surface area contributed by atoms with Crippen LogP contribution in [-0.4, -0.2) is 28.5 Å². The van der Waals surface area contributed by atoms with Gasteiger partial charge in [0, 0.05) is 26.6 Å². The Kier molecular flexibility index (Phi) is 5.12. The Balaban J connectivity index is 1.81. The number of carbonyl (C=O) groups excluding carboxylic acids is 1. The minimum absolute atomic E-state index is 0.101. The Morgan fingerprint density at radius 3 is 2.85 bits per heavy atom. The summed E-state index contributed by atoms with van der Waals surface area (Å²) in [7, 11) is 2.01. The van der Waals surface area contributed by atoms with Crippen LogP contribution in [0.1, 0.15) is 25.6 Å². The van der Waals surface area contributed by atoms with Gasteiger partial charge < -0.3 is 15.2 Å². The number of benzene rings is 1. The van der Waals surface area contributed by atoms with Gasteiger partial charge in [-0.1, -0.05) is 19.1 Å². The van der Waals surface area contributed by atoms with Crippen molar-refractivity contribution in [1.29, 1.82) is 0 Å². The van der Waals surface area contributed by atoms with E-state index < -0.39 is 0 Å². The Bertz CT molecular complexity index is 576. The molecule has 20 heavy (non-hydrogen) atoms. The first-order valence-electron chi connectivity index (χ1n) is 7.10. The molecular weight excluding hydrogens is 252 g/mol. The highest BCUT2D eigenvalue weighted by Crippen LogP contribution is 2.13. The summed E-state index contributed by atoms with van der Waals surface area (Å²) in [6.45, 7) is 4.14. The molecule has 0 saturated heterocycles. The van der Waals surface area contributed by atoms with Gasteiger partial charge in [0.05, 0.1) is 17.6 Å². The highest BCUT2D eigenvalue weighted by molar-refractivity contribution is 5.76. The molecule has 0 spiro atoms. The number of amides is 1. The van der Waals surface area contributed by atoms with Crippen molar-refractivity contribution in [2.45, 2.75) is 26.3 Å². The maximum absolute atomic E-state index is 11.4. The zero-order valence-corrected chi connectivity index (χ0v) is 12.1. The quantitative estimate of drug-likeness (QED) is 0.754. The number of rotatable bonds is 7. The molecule has 5 nitrogen and oxygen atoms in total. The molecule has 0 radical (unpaired) electrons. The third kappa shape index (κ3) is 3.57. The zero-order chi connectivity index (χ0) is 14.4. The van der Waals surface area contributed by atoms with Crippen LogP contribution in [0.25, 0.3) is 11.0 Å². The fraction of sp³-hybridized carbons (Fsp3) is 0.467. The average molecular weight is 274 g/mol. The number of nitrogens with zero attached hydrogens (tertiary/aromatic N) is 2. The first-order chi connectivity index (χ1) is 9.72. The van der Waals surface area contributed by atoms with Gasteiger partial charge in [-0.15, -0.1) is 0 Å². The highest BCUT2D eigenvalue weighted by Gasteiger charge is 2.06. The molecule has 0 saturated carbocycles. The second-order valence-corrected chi connectivity index (χ2v) is 4.85. The van der Waals surface area contributed by atoms with E-state index in [1.54, 1.807) is 0 Å². The van der Waals surface area contributed by atoms with Crippen molar-refractivity contribution in [2.24, 2.45) is 7.05 Å². The number of hydrogen-bond donors (Lipinski definition) is 2. The number of fused-ring (bicyclic) bond motifs is 1. The van der Waals surface area contributed by atoms with Crippen molar-refractivity contribution in [3.05, 3.63) is 30.1 Å². The molecule has 2 aromatic rings. The molecule has 0 unspecified atom stereocenters. The molecule has 0 bridgehead atoms. The predicted molar refractivity (Wildman–Crippen MR) is 80.3 cm³/mol. The molecule has 0 fully saturated rings. The molecule has 0 atom stereocenters. The number of nitrogens with one attached hydrogen (secondary N) is 2. The second kappa shape index (κ2) is 7.05. The third-order valence-electron chi connectivity index (χ3n) is 3.26. The number of aryl methyl sites for hydroxylation is 1. The van der Waals surface area contributed by atoms with Crippen molar-refractivity contribution in [3.8, 4) is 0 Å². The van der Waals surface area contributed by atoms with Gasteiger partial charge in [-0.3, -0.25) is 4.79 Å². The van der Waals surface area contributed by atoms with Crippen LogP contribution < -0.4 is 10.6 Å². The summed E-state index contributed by atoms with van der Waals surface area (Å²) >= 11 is 0. The SMILES string of the molecule is CCCNC(=O)CCNCc1nc2ccccc2n1C. The zero-order valence-electron chi connectivity index (χ0n) is 12.1. The molecule has 0 aliphatic heterocycles. The van der Waals surface area contributed by atoms with Gasteiger partial charge in [0.25, 0.3) is 0 Å². The lowest BCUT2D eigenvalue weighted by atomic mass is 10.3. The van der Waals surface area contributed by atoms with Gasteiger partial charge in [0.15, 0.2) is 0 Å². The van der Waals surface area contributed by atoms with Gasteiger partial charge in [0.2, 0.25) is 5.91 Å². The summed E-state index contributed by atoms with van der Waals surface area (Å²) in [5.74, 6) is 1.09. The molecular formula is C15H22N4O. The minimum Gasteiger partial charge on any atom is -0.356 e. The Labute approximate surface area is 119 Å². The van der Waals surface area contributed by atoms with E-state index in [0.717, 1.165) is 29.8 Å². The van der Waals surface area contributed by atoms with Gasteiger partial charge >= 0.3 is 0 Å². The molecule has 0 aliphatic carbocycles. The van der Waals surface area contributed by atoms with Crippen LogP contribution in [0.2, 0.25) is 0 Å². The normalized spacial score (nSPS) is 10.9. The van der Waals surface area contributed by atoms with Crippen LogP contribution in [-0.2, 0) is 18.4 Å². The van der Waals surface area contributed by atoms with E-state index in [-0.39, 0.29) is 5.91 Å². The molecule has 2 rings (SSSR count). The van der Waals surface area contributed by atoms with Gasteiger partial charge in [-0.25, -0.2) is 4.98 Å². The van der Waals surface area contributed by atoms with Crippen LogP contribution in [0.5, 0.6) is 0 Å². The molecule has 1 heterocycles. The van der Waals surface area contributed by atoms with Crippen LogP contribution >= 0.6 is 0 Å². The van der Waals surface area contributed by atoms with E-state index in [4.69, 9.17) is 0 Å². The largest absolute Gasteiger partial charge is 0.356 e. The smallest absolute Gasteiger partial charge is 0.221 e. The van der Waals surface area contributed by atoms with Crippen molar-refractivity contribution < 1.29 is 4.79 Å². The molecule has 2 N–H and O–H groups in total. The maximum atomic E-state index is 11.4. The summed E-state index contributed by atoms with van der Waals surface area (Å²) in [6.07, 6.45) is 1.48. The topological polar surface area (TPSA) is 59.0 Å². The van der Waals surface area contributed by atoms with E-state index in [1.165, 1.54) is 0 Å². The number of hydrogen-bond acceptors (Lipinski definition) is 3. The van der Waals surface area contributed by atoms with E-state index in [1.807, 2.05) is 32.2 Å². The molecule has 1 aromatic carbocycles. The summed E-state index contributed by atoms with van der Waals surface area (Å²) in [5.41, 5.74) is 2.14. The van der Waals surface area contributed by atoms with Gasteiger partial charge in [-0.05, 0) is 18.6 Å². The monoisotopic (exact) mass is 274 g/mol. The lowest BCUT2D eigenvalue weighted by Gasteiger charge is -2.06. The summed E-state index contributed by atoms with van der Waals surface area (Å²) in [6, 6.07) is 8.07. The van der Waals surface area contributed by atoms with Gasteiger partial charge in [0.1, 0.15) is 5.82 Å². The molecule has 5 heteroatoms. The maximum Gasteiger partial charge on any atom is 0.221 e. The number of aromatic nitrogens is 2. The number of carbonyl (C=O) groups is 1.